The van der Waals surface area contributed by atoms with Crippen molar-refractivity contribution in [3.63, 3.8) is 0 Å². The molecule has 0 bridgehead atoms. The van der Waals surface area contributed by atoms with E-state index in [0.29, 0.717) is 87.4 Å². The maximum Gasteiger partial charge on any atom is 0.343 e. The molecule has 0 amide bonds. The molecule has 0 spiro atoms. The van der Waals surface area contributed by atoms with Crippen molar-refractivity contribution in [1.29, 1.82) is 0 Å². The molecule has 3 aromatic carbocycles. The highest BCUT2D eigenvalue weighted by Gasteiger charge is 2.20. The second kappa shape index (κ2) is 10.5. The van der Waals surface area contributed by atoms with E-state index in [2.05, 4.69) is 0 Å². The zero-order chi connectivity index (χ0) is 26.8. The van der Waals surface area contributed by atoms with Gasteiger partial charge in [-0.1, -0.05) is 13.0 Å². The van der Waals surface area contributed by atoms with Gasteiger partial charge in [-0.05, 0) is 60.9 Å². The molecule has 8 heteroatoms. The average molecular weight is 517 g/mol. The maximum atomic E-state index is 13.7. The first-order chi connectivity index (χ1) is 18.4. The molecule has 4 aromatic rings. The number of carbonyl (C=O) groups is 1. The lowest BCUT2D eigenvalue weighted by Gasteiger charge is -2.14. The number of ether oxygens (including phenoxy) is 5. The predicted octanol–water partition coefficient (Wildman–Crippen LogP) is 5.73. The lowest BCUT2D eigenvalue weighted by molar-refractivity contribution is 0.0733. The van der Waals surface area contributed by atoms with Crippen LogP contribution in [0, 0.1) is 6.92 Å². The summed E-state index contributed by atoms with van der Waals surface area (Å²) in [5, 5.41) is 0.403. The normalized spacial score (nSPS) is 12.6. The molecule has 0 fully saturated rings. The fraction of sp³-hybridized carbons (Fsp3) is 0.267. The van der Waals surface area contributed by atoms with Crippen LogP contribution in [0.2, 0.25) is 0 Å². The quantitative estimate of drug-likeness (QED) is 0.237. The zero-order valence-corrected chi connectivity index (χ0v) is 21.7. The molecule has 1 aliphatic heterocycles. The van der Waals surface area contributed by atoms with Crippen molar-refractivity contribution in [1.82, 2.24) is 0 Å². The maximum absolute atomic E-state index is 13.7. The summed E-state index contributed by atoms with van der Waals surface area (Å²) in [6, 6.07) is 13.6. The molecule has 1 aromatic heterocycles. The number of aryl methyl sites for hydroxylation is 2. The van der Waals surface area contributed by atoms with Gasteiger partial charge in [0.1, 0.15) is 17.1 Å². The molecule has 5 rings (SSSR count). The molecule has 0 aliphatic carbocycles. The van der Waals surface area contributed by atoms with Crippen LogP contribution in [0.5, 0.6) is 28.7 Å². The van der Waals surface area contributed by atoms with Crippen molar-refractivity contribution in [2.75, 3.05) is 27.4 Å². The Hall–Kier alpha value is -4.46. The highest BCUT2D eigenvalue weighted by Crippen LogP contribution is 2.36. The second-order valence-electron chi connectivity index (χ2n) is 8.84. The van der Waals surface area contributed by atoms with Gasteiger partial charge in [0.05, 0.1) is 43.9 Å². The molecule has 0 radical (unpaired) electrons. The zero-order valence-electron chi connectivity index (χ0n) is 21.7. The molecule has 196 valence electrons. The van der Waals surface area contributed by atoms with Gasteiger partial charge in [0.15, 0.2) is 23.0 Å². The number of esters is 1. The molecular formula is C30H28O8. The van der Waals surface area contributed by atoms with Gasteiger partial charge < -0.3 is 28.1 Å². The minimum Gasteiger partial charge on any atom is -0.493 e. The molecule has 0 unspecified atom stereocenters. The molecule has 38 heavy (non-hydrogen) atoms. The van der Waals surface area contributed by atoms with Gasteiger partial charge in [-0.3, -0.25) is 4.79 Å². The lowest BCUT2D eigenvalue weighted by atomic mass is 10.0. The first kappa shape index (κ1) is 25.2. The number of hydrogen-bond donors (Lipinski definition) is 0. The molecule has 0 atom stereocenters. The fourth-order valence-corrected chi connectivity index (χ4v) is 4.52. The van der Waals surface area contributed by atoms with Gasteiger partial charge in [-0.2, -0.15) is 0 Å². The average Bonchev–Trinajstić information content (AvgIpc) is 3.17. The van der Waals surface area contributed by atoms with Crippen LogP contribution in [-0.2, 0) is 6.42 Å². The number of benzene rings is 3. The van der Waals surface area contributed by atoms with Gasteiger partial charge in [-0.15, -0.1) is 0 Å². The monoisotopic (exact) mass is 516 g/mol. The summed E-state index contributed by atoms with van der Waals surface area (Å²) in [6.07, 6.45) is 1.33. The van der Waals surface area contributed by atoms with E-state index in [0.717, 1.165) is 6.42 Å². The van der Waals surface area contributed by atoms with Crippen LogP contribution >= 0.6 is 0 Å². The molecule has 2 heterocycles. The topological polar surface area (TPSA) is 93.4 Å². The molecule has 0 N–H and O–H groups in total. The molecule has 0 saturated carbocycles. The highest BCUT2D eigenvalue weighted by atomic mass is 16.5. The number of hydrogen-bond acceptors (Lipinski definition) is 8. The Kier molecular flexibility index (Phi) is 6.96. The summed E-state index contributed by atoms with van der Waals surface area (Å²) >= 11 is 0. The third-order valence-electron chi connectivity index (χ3n) is 6.49. The van der Waals surface area contributed by atoms with E-state index in [9.17, 15) is 9.59 Å². The summed E-state index contributed by atoms with van der Waals surface area (Å²) < 4.78 is 33.9. The summed E-state index contributed by atoms with van der Waals surface area (Å²) in [5.41, 5.74) is 2.29. The Morgan fingerprint density at radius 1 is 0.895 bits per heavy atom. The number of fused-ring (bicyclic) bond motifs is 2. The SMILES string of the molecule is CCc1cc2c(=O)c(-c3ccc4c(c3)OCCCO4)c(C)oc2cc1OC(=O)c1ccc(OC)c(OC)c1. The van der Waals surface area contributed by atoms with Gasteiger partial charge in [-0.25, -0.2) is 4.79 Å². The van der Waals surface area contributed by atoms with E-state index < -0.39 is 5.97 Å². The Morgan fingerprint density at radius 2 is 1.66 bits per heavy atom. The van der Waals surface area contributed by atoms with Crippen molar-refractivity contribution in [2.45, 2.75) is 26.7 Å². The molecule has 8 nitrogen and oxygen atoms in total. The van der Waals surface area contributed by atoms with Crippen LogP contribution in [0.25, 0.3) is 22.1 Å². The minimum absolute atomic E-state index is 0.175. The van der Waals surface area contributed by atoms with E-state index in [1.54, 1.807) is 37.3 Å². The molecular weight excluding hydrogens is 488 g/mol. The standard InChI is InChI=1S/C30H28O8/c1-5-18-13-21-25(16-24(18)38-30(32)20-8-9-22(33-3)26(15-20)34-4)37-17(2)28(29(21)31)19-7-10-23-27(14-19)36-12-6-11-35-23/h7-10,13-16H,5-6,11-12H2,1-4H3. The van der Waals surface area contributed by atoms with Crippen LogP contribution in [0.4, 0.5) is 0 Å². The Morgan fingerprint density at radius 3 is 2.39 bits per heavy atom. The smallest absolute Gasteiger partial charge is 0.343 e. The van der Waals surface area contributed by atoms with Crippen molar-refractivity contribution < 1.29 is 32.9 Å². The summed E-state index contributed by atoms with van der Waals surface area (Å²) in [5.74, 6) is 2.38. The van der Waals surface area contributed by atoms with Crippen LogP contribution in [0.15, 0.2) is 57.7 Å². The Balaban J connectivity index is 1.53. The predicted molar refractivity (Wildman–Crippen MR) is 142 cm³/mol. The lowest BCUT2D eigenvalue weighted by Crippen LogP contribution is -2.12. The van der Waals surface area contributed by atoms with E-state index >= 15 is 0 Å². The number of carbonyl (C=O) groups excluding carboxylic acids is 1. The highest BCUT2D eigenvalue weighted by molar-refractivity contribution is 5.93. The Bertz CT molecular complexity index is 1580. The minimum atomic E-state index is -0.567. The summed E-state index contributed by atoms with van der Waals surface area (Å²) in [6.45, 7) is 4.80. The largest absolute Gasteiger partial charge is 0.493 e. The van der Waals surface area contributed by atoms with Gasteiger partial charge >= 0.3 is 5.97 Å². The van der Waals surface area contributed by atoms with E-state index in [-0.39, 0.29) is 5.43 Å². The van der Waals surface area contributed by atoms with E-state index in [1.165, 1.54) is 14.2 Å². The van der Waals surface area contributed by atoms with Crippen LogP contribution in [0.3, 0.4) is 0 Å². The van der Waals surface area contributed by atoms with Crippen molar-refractivity contribution in [2.24, 2.45) is 0 Å². The summed E-state index contributed by atoms with van der Waals surface area (Å²) in [4.78, 5) is 26.6. The van der Waals surface area contributed by atoms with Gasteiger partial charge in [0, 0.05) is 12.5 Å². The third kappa shape index (κ3) is 4.65. The second-order valence-corrected chi connectivity index (χ2v) is 8.84. The van der Waals surface area contributed by atoms with Crippen LogP contribution < -0.4 is 29.1 Å². The molecule has 0 saturated heterocycles. The van der Waals surface area contributed by atoms with Crippen LogP contribution in [0.1, 0.15) is 35.0 Å². The first-order valence-corrected chi connectivity index (χ1v) is 12.4. The van der Waals surface area contributed by atoms with Crippen LogP contribution in [-0.4, -0.2) is 33.4 Å². The number of methoxy groups -OCH3 is 2. The van der Waals surface area contributed by atoms with Gasteiger partial charge in [0.25, 0.3) is 0 Å². The fourth-order valence-electron chi connectivity index (χ4n) is 4.52. The van der Waals surface area contributed by atoms with E-state index in [4.69, 9.17) is 28.1 Å². The van der Waals surface area contributed by atoms with E-state index in [1.807, 2.05) is 25.1 Å². The third-order valence-corrected chi connectivity index (χ3v) is 6.49. The first-order valence-electron chi connectivity index (χ1n) is 12.4. The summed E-state index contributed by atoms with van der Waals surface area (Å²) in [7, 11) is 3.02. The van der Waals surface area contributed by atoms with Crippen molar-refractivity contribution in [3.05, 3.63) is 75.6 Å². The number of rotatable bonds is 6. The van der Waals surface area contributed by atoms with Crippen molar-refractivity contribution >= 4 is 16.9 Å². The van der Waals surface area contributed by atoms with Gasteiger partial charge in [0.2, 0.25) is 5.43 Å². The van der Waals surface area contributed by atoms with Crippen molar-refractivity contribution in [3.8, 4) is 39.9 Å². The molecule has 1 aliphatic rings. The Labute approximate surface area is 219 Å².